The van der Waals surface area contributed by atoms with Gasteiger partial charge in [0.15, 0.2) is 0 Å². The molecule has 21 heavy (non-hydrogen) atoms. The van der Waals surface area contributed by atoms with Crippen LogP contribution in [-0.2, 0) is 11.2 Å². The van der Waals surface area contributed by atoms with E-state index in [1.165, 1.54) is 5.56 Å². The number of nitrogens with zero attached hydrogens (tertiary/aromatic N) is 1. The number of aliphatic hydroxyl groups is 1. The molecule has 0 aliphatic carbocycles. The molecule has 0 radical (unpaired) electrons. The van der Waals surface area contributed by atoms with Crippen molar-refractivity contribution in [2.45, 2.75) is 45.5 Å². The number of aliphatic hydroxyl groups excluding tert-OH is 1. The predicted octanol–water partition coefficient (Wildman–Crippen LogP) is 2.10. The first-order chi connectivity index (χ1) is 10.1. The summed E-state index contributed by atoms with van der Waals surface area (Å²) in [5, 5.41) is 10.1. The zero-order valence-corrected chi connectivity index (χ0v) is 13.3. The van der Waals surface area contributed by atoms with Crippen LogP contribution in [0.3, 0.4) is 0 Å². The van der Waals surface area contributed by atoms with Crippen LogP contribution < -0.4 is 4.74 Å². The van der Waals surface area contributed by atoms with E-state index < -0.39 is 6.10 Å². The van der Waals surface area contributed by atoms with Gasteiger partial charge < -0.3 is 14.6 Å². The van der Waals surface area contributed by atoms with Crippen molar-refractivity contribution < 1.29 is 14.6 Å². The average Bonchev–Trinajstić information content (AvgIpc) is 2.44. The van der Waals surface area contributed by atoms with E-state index in [1.54, 1.807) is 0 Å². The Morgan fingerprint density at radius 1 is 1.24 bits per heavy atom. The van der Waals surface area contributed by atoms with Gasteiger partial charge >= 0.3 is 0 Å². The molecule has 1 heterocycles. The molecule has 1 N–H and O–H groups in total. The number of rotatable bonds is 6. The zero-order chi connectivity index (χ0) is 15.2. The van der Waals surface area contributed by atoms with Gasteiger partial charge in [-0.2, -0.15) is 0 Å². The van der Waals surface area contributed by atoms with Gasteiger partial charge in [-0.1, -0.05) is 19.1 Å². The quantitative estimate of drug-likeness (QED) is 0.872. The van der Waals surface area contributed by atoms with E-state index in [0.717, 1.165) is 25.3 Å². The van der Waals surface area contributed by atoms with E-state index in [4.69, 9.17) is 9.47 Å². The minimum Gasteiger partial charge on any atom is -0.491 e. The molecule has 1 aliphatic rings. The molecule has 1 aromatic carbocycles. The lowest BCUT2D eigenvalue weighted by atomic mass is 10.2. The molecular weight excluding hydrogens is 266 g/mol. The fourth-order valence-corrected chi connectivity index (χ4v) is 2.80. The van der Waals surface area contributed by atoms with Crippen LogP contribution >= 0.6 is 0 Å². The monoisotopic (exact) mass is 293 g/mol. The van der Waals surface area contributed by atoms with Crippen molar-refractivity contribution in [1.29, 1.82) is 0 Å². The Morgan fingerprint density at radius 2 is 1.86 bits per heavy atom. The molecule has 1 aliphatic heterocycles. The second-order valence-corrected chi connectivity index (χ2v) is 5.94. The van der Waals surface area contributed by atoms with Crippen LogP contribution in [0.4, 0.5) is 0 Å². The van der Waals surface area contributed by atoms with Crippen LogP contribution in [0.1, 0.15) is 26.3 Å². The topological polar surface area (TPSA) is 41.9 Å². The fraction of sp³-hybridized carbons (Fsp3) is 0.647. The van der Waals surface area contributed by atoms with E-state index in [0.29, 0.717) is 13.2 Å². The molecule has 4 heteroatoms. The summed E-state index contributed by atoms with van der Waals surface area (Å²) in [6.45, 7) is 8.96. The van der Waals surface area contributed by atoms with Crippen molar-refractivity contribution in [3.8, 4) is 5.75 Å². The van der Waals surface area contributed by atoms with E-state index in [1.807, 2.05) is 12.1 Å². The highest BCUT2D eigenvalue weighted by Gasteiger charge is 2.23. The standard InChI is InChI=1S/C17H27NO3/c1-4-15-5-7-17(8-6-15)20-12-16(19)11-18-9-13(2)21-14(3)10-18/h5-8,13-14,16,19H,4,9-12H2,1-3H3/t13-,14+,16-/m0/s1. The average molecular weight is 293 g/mol. The number of benzene rings is 1. The summed E-state index contributed by atoms with van der Waals surface area (Å²) in [6.07, 6.45) is 0.997. The molecular formula is C17H27NO3. The molecule has 0 spiro atoms. The first-order valence-electron chi connectivity index (χ1n) is 7.84. The number of ether oxygens (including phenoxy) is 2. The minimum atomic E-state index is -0.478. The van der Waals surface area contributed by atoms with Crippen LogP contribution in [-0.4, -0.2) is 54.6 Å². The third-order valence-corrected chi connectivity index (χ3v) is 3.74. The van der Waals surface area contributed by atoms with Gasteiger partial charge in [-0.15, -0.1) is 0 Å². The van der Waals surface area contributed by atoms with E-state index in [-0.39, 0.29) is 12.2 Å². The highest BCUT2D eigenvalue weighted by atomic mass is 16.5. The summed E-state index contributed by atoms with van der Waals surface area (Å²) in [6, 6.07) is 8.05. The number of aryl methyl sites for hydroxylation is 1. The van der Waals surface area contributed by atoms with Gasteiger partial charge in [0.2, 0.25) is 0 Å². The lowest BCUT2D eigenvalue weighted by Gasteiger charge is -2.36. The van der Waals surface area contributed by atoms with Crippen LogP contribution in [0.5, 0.6) is 5.75 Å². The second kappa shape index (κ2) is 7.78. The van der Waals surface area contributed by atoms with Crippen LogP contribution in [0.2, 0.25) is 0 Å². The van der Waals surface area contributed by atoms with Crippen molar-refractivity contribution in [3.63, 3.8) is 0 Å². The summed E-state index contributed by atoms with van der Waals surface area (Å²) < 4.78 is 11.3. The largest absolute Gasteiger partial charge is 0.491 e. The number of morpholine rings is 1. The molecule has 4 nitrogen and oxygen atoms in total. The molecule has 0 aromatic heterocycles. The molecule has 3 atom stereocenters. The van der Waals surface area contributed by atoms with Gasteiger partial charge in [0, 0.05) is 19.6 Å². The highest BCUT2D eigenvalue weighted by molar-refractivity contribution is 5.27. The summed E-state index contributed by atoms with van der Waals surface area (Å²) in [4.78, 5) is 2.24. The summed E-state index contributed by atoms with van der Waals surface area (Å²) >= 11 is 0. The molecule has 2 rings (SSSR count). The maximum atomic E-state index is 10.1. The Labute approximate surface area is 127 Å². The highest BCUT2D eigenvalue weighted by Crippen LogP contribution is 2.14. The third kappa shape index (κ3) is 5.30. The van der Waals surface area contributed by atoms with E-state index >= 15 is 0 Å². The van der Waals surface area contributed by atoms with Crippen LogP contribution in [0, 0.1) is 0 Å². The third-order valence-electron chi connectivity index (χ3n) is 3.74. The Balaban J connectivity index is 1.74. The van der Waals surface area contributed by atoms with Crippen molar-refractivity contribution in [2.75, 3.05) is 26.2 Å². The molecule has 1 saturated heterocycles. The van der Waals surface area contributed by atoms with Crippen LogP contribution in [0.15, 0.2) is 24.3 Å². The lowest BCUT2D eigenvalue weighted by Crippen LogP contribution is -2.48. The van der Waals surface area contributed by atoms with E-state index in [2.05, 4.69) is 37.8 Å². The van der Waals surface area contributed by atoms with Gasteiger partial charge in [-0.3, -0.25) is 4.90 Å². The second-order valence-electron chi connectivity index (χ2n) is 5.94. The first kappa shape index (κ1) is 16.3. The number of hydrogen-bond acceptors (Lipinski definition) is 4. The molecule has 1 aromatic rings. The Morgan fingerprint density at radius 3 is 2.43 bits per heavy atom. The van der Waals surface area contributed by atoms with Crippen molar-refractivity contribution >= 4 is 0 Å². The molecule has 1 fully saturated rings. The molecule has 0 saturated carbocycles. The normalized spacial score (nSPS) is 24.8. The molecule has 0 bridgehead atoms. The van der Waals surface area contributed by atoms with Crippen molar-refractivity contribution in [3.05, 3.63) is 29.8 Å². The SMILES string of the molecule is CCc1ccc(OC[C@@H](O)CN2C[C@@H](C)O[C@@H](C)C2)cc1. The molecule has 118 valence electrons. The number of β-amino-alcohol motifs (C(OH)–C–C–N with tert-alkyl or cyclic N) is 1. The smallest absolute Gasteiger partial charge is 0.119 e. The molecule has 0 amide bonds. The summed E-state index contributed by atoms with van der Waals surface area (Å²) in [7, 11) is 0. The fourth-order valence-electron chi connectivity index (χ4n) is 2.80. The predicted molar refractivity (Wildman–Crippen MR) is 83.8 cm³/mol. The van der Waals surface area contributed by atoms with Crippen molar-refractivity contribution in [1.82, 2.24) is 4.90 Å². The van der Waals surface area contributed by atoms with Gasteiger partial charge in [0.25, 0.3) is 0 Å². The van der Waals surface area contributed by atoms with Gasteiger partial charge in [0.05, 0.1) is 12.2 Å². The van der Waals surface area contributed by atoms with Gasteiger partial charge in [-0.05, 0) is 38.0 Å². The maximum absolute atomic E-state index is 10.1. The van der Waals surface area contributed by atoms with Crippen molar-refractivity contribution in [2.24, 2.45) is 0 Å². The van der Waals surface area contributed by atoms with Gasteiger partial charge in [-0.25, -0.2) is 0 Å². The Bertz CT molecular complexity index is 411. The van der Waals surface area contributed by atoms with E-state index in [9.17, 15) is 5.11 Å². The summed E-state index contributed by atoms with van der Waals surface area (Å²) in [5.41, 5.74) is 1.29. The maximum Gasteiger partial charge on any atom is 0.119 e. The Kier molecular flexibility index (Phi) is 6.03. The molecule has 0 unspecified atom stereocenters. The minimum absolute atomic E-state index is 0.225. The number of hydrogen-bond donors (Lipinski definition) is 1. The first-order valence-corrected chi connectivity index (χ1v) is 7.84. The van der Waals surface area contributed by atoms with Crippen LogP contribution in [0.25, 0.3) is 0 Å². The Hall–Kier alpha value is -1.10. The lowest BCUT2D eigenvalue weighted by molar-refractivity contribution is -0.0786. The van der Waals surface area contributed by atoms with Gasteiger partial charge in [0.1, 0.15) is 18.5 Å². The zero-order valence-electron chi connectivity index (χ0n) is 13.3. The summed E-state index contributed by atoms with van der Waals surface area (Å²) in [5.74, 6) is 0.815.